The third-order valence-corrected chi connectivity index (χ3v) is 12.6. The lowest BCUT2D eigenvalue weighted by Gasteiger charge is -2.25. The SMILES string of the molecule is CC/C=C\C/C=C\C/C=C\C/C=C\C/C=C\C/C=C\C/C=C\CCCCCCCCCCCCCC(=O)OC(COC(=O)CCCCCCC/C=C\C/C=C\C/C=C\C/C=C\C/C=C\CC)COC(OCC[N+](C)(C)C)C(=O)O. The van der Waals surface area contributed by atoms with E-state index in [4.69, 9.17) is 18.9 Å². The summed E-state index contributed by atoms with van der Waals surface area (Å²) >= 11 is 0. The van der Waals surface area contributed by atoms with Gasteiger partial charge in [-0.25, -0.2) is 4.79 Å². The van der Waals surface area contributed by atoms with Crippen LogP contribution in [0.1, 0.15) is 219 Å². The fourth-order valence-electron chi connectivity index (χ4n) is 7.90. The zero-order valence-electron chi connectivity index (χ0n) is 50.7. The number of rotatable bonds is 55. The Morgan fingerprint density at radius 1 is 0.380 bits per heavy atom. The minimum atomic E-state index is -1.53. The predicted octanol–water partition coefficient (Wildman–Crippen LogP) is 18.8. The molecule has 0 aromatic rings. The molecule has 0 spiro atoms. The van der Waals surface area contributed by atoms with Gasteiger partial charge in [-0.05, 0) is 116 Å². The first-order chi connectivity index (χ1) is 38.6. The second kappa shape index (κ2) is 59.3. The topological polar surface area (TPSA) is 108 Å². The van der Waals surface area contributed by atoms with Crippen molar-refractivity contribution in [3.05, 3.63) is 146 Å². The summed E-state index contributed by atoms with van der Waals surface area (Å²) < 4.78 is 22.9. The Labute approximate surface area is 483 Å². The van der Waals surface area contributed by atoms with Crippen molar-refractivity contribution in [1.29, 1.82) is 0 Å². The normalized spacial score (nSPS) is 13.8. The molecule has 9 heteroatoms. The highest BCUT2D eigenvalue weighted by molar-refractivity contribution is 5.71. The van der Waals surface area contributed by atoms with Gasteiger partial charge in [0.15, 0.2) is 6.10 Å². The molecule has 2 unspecified atom stereocenters. The number of carbonyl (C=O) groups is 3. The van der Waals surface area contributed by atoms with E-state index in [1.54, 1.807) is 0 Å². The van der Waals surface area contributed by atoms with Crippen molar-refractivity contribution in [2.75, 3.05) is 47.5 Å². The minimum absolute atomic E-state index is 0.176. The third-order valence-electron chi connectivity index (χ3n) is 12.6. The highest BCUT2D eigenvalue weighted by Crippen LogP contribution is 2.15. The van der Waals surface area contributed by atoms with Gasteiger partial charge in [-0.15, -0.1) is 0 Å². The number of carbonyl (C=O) groups excluding carboxylic acids is 2. The maximum Gasteiger partial charge on any atom is 0.361 e. The summed E-state index contributed by atoms with van der Waals surface area (Å²) in [5.74, 6) is -2.05. The van der Waals surface area contributed by atoms with Crippen LogP contribution in [0, 0.1) is 0 Å². The highest BCUT2D eigenvalue weighted by Gasteiger charge is 2.25. The van der Waals surface area contributed by atoms with Gasteiger partial charge in [-0.3, -0.25) is 9.59 Å². The summed E-state index contributed by atoms with van der Waals surface area (Å²) in [6.07, 6.45) is 83.6. The van der Waals surface area contributed by atoms with Crippen molar-refractivity contribution in [3.63, 3.8) is 0 Å². The first-order valence-corrected chi connectivity index (χ1v) is 31.0. The smallest absolute Gasteiger partial charge is 0.361 e. The number of ether oxygens (including phenoxy) is 4. The second-order valence-corrected chi connectivity index (χ2v) is 21.2. The molecule has 0 radical (unpaired) electrons. The maximum atomic E-state index is 12.9. The predicted molar refractivity (Wildman–Crippen MR) is 336 cm³/mol. The Morgan fingerprint density at radius 3 is 1.01 bits per heavy atom. The van der Waals surface area contributed by atoms with Gasteiger partial charge in [-0.1, -0.05) is 237 Å². The van der Waals surface area contributed by atoms with Gasteiger partial charge in [-0.2, -0.15) is 0 Å². The van der Waals surface area contributed by atoms with Crippen LogP contribution < -0.4 is 0 Å². The highest BCUT2D eigenvalue weighted by atomic mass is 16.7. The van der Waals surface area contributed by atoms with E-state index in [1.807, 2.05) is 21.1 Å². The fourth-order valence-corrected chi connectivity index (χ4v) is 7.90. The molecule has 79 heavy (non-hydrogen) atoms. The number of allylic oxidation sites excluding steroid dienone is 24. The number of hydrogen-bond acceptors (Lipinski definition) is 7. The number of nitrogens with zero attached hydrogens (tertiary/aromatic N) is 1. The van der Waals surface area contributed by atoms with Gasteiger partial charge in [0.05, 0.1) is 34.4 Å². The number of likely N-dealkylation sites (N-methyl/N-ethyl adjacent to an activating group) is 1. The summed E-state index contributed by atoms with van der Waals surface area (Å²) in [6, 6.07) is 0. The molecule has 0 aromatic carbocycles. The number of unbranched alkanes of at least 4 members (excludes halogenated alkanes) is 16. The van der Waals surface area contributed by atoms with E-state index in [0.717, 1.165) is 135 Å². The van der Waals surface area contributed by atoms with Crippen molar-refractivity contribution in [1.82, 2.24) is 0 Å². The van der Waals surface area contributed by atoms with E-state index in [2.05, 4.69) is 160 Å². The van der Waals surface area contributed by atoms with Crippen LogP contribution in [0.25, 0.3) is 0 Å². The van der Waals surface area contributed by atoms with E-state index in [-0.39, 0.29) is 38.6 Å². The second-order valence-electron chi connectivity index (χ2n) is 21.2. The van der Waals surface area contributed by atoms with Gasteiger partial charge >= 0.3 is 17.9 Å². The third kappa shape index (κ3) is 60.7. The molecule has 0 aliphatic rings. The lowest BCUT2D eigenvalue weighted by molar-refractivity contribution is -0.870. The Balaban J connectivity index is 4.26. The van der Waals surface area contributed by atoms with Crippen LogP contribution in [0.15, 0.2) is 146 Å². The van der Waals surface area contributed by atoms with Crippen molar-refractivity contribution in [3.8, 4) is 0 Å². The Bertz CT molecular complexity index is 1800. The molecule has 2 atom stereocenters. The van der Waals surface area contributed by atoms with Gasteiger partial charge in [0.25, 0.3) is 6.29 Å². The molecule has 0 aromatic heterocycles. The summed E-state index contributed by atoms with van der Waals surface area (Å²) in [7, 11) is 5.95. The van der Waals surface area contributed by atoms with Crippen molar-refractivity contribution < 1.29 is 42.9 Å². The van der Waals surface area contributed by atoms with E-state index < -0.39 is 24.3 Å². The average molecular weight is 1100 g/mol. The zero-order chi connectivity index (χ0) is 57.6. The van der Waals surface area contributed by atoms with Gasteiger partial charge in [0.2, 0.25) is 0 Å². The number of carboxylic acid groups (broad SMARTS) is 1. The van der Waals surface area contributed by atoms with Crippen LogP contribution in [0.2, 0.25) is 0 Å². The Kier molecular flexibility index (Phi) is 55.7. The Morgan fingerprint density at radius 2 is 0.684 bits per heavy atom. The molecule has 0 aliphatic carbocycles. The van der Waals surface area contributed by atoms with Gasteiger partial charge < -0.3 is 28.5 Å². The average Bonchev–Trinajstić information content (AvgIpc) is 3.42. The monoisotopic (exact) mass is 1100 g/mol. The number of carboxylic acids is 1. The molecule has 0 saturated heterocycles. The number of quaternary nitrogens is 1. The maximum absolute atomic E-state index is 12.9. The molecule has 0 amide bonds. The standard InChI is InChI=1S/C70H113NO8/c1-6-8-10-12-14-16-18-20-22-24-26-28-29-30-31-32-33-34-35-36-37-38-39-41-43-45-47-49-51-53-55-57-59-61-68(73)79-66(65-78-70(69(74)75)76-63-62-71(3,4)5)64-77-67(72)60-58-56-54-52-50-48-46-44-42-40-27-25-23-21-19-17-15-13-11-9-7-2/h8-11,14-17,20-23,26-28,30-31,33-34,36-37,40,44,46,66,70H,6-7,12-13,18-19,24-25,29,32,35,38-39,41-43,45,47-65H2,1-5H3/p+1/b10-8-,11-9-,16-14-,17-15-,22-20-,23-21-,28-26-,31-30-,34-33-,37-36-,40-27-,46-44-. The van der Waals surface area contributed by atoms with Crippen LogP contribution in [-0.4, -0.2) is 87.4 Å². The van der Waals surface area contributed by atoms with Gasteiger partial charge in [0.1, 0.15) is 13.2 Å². The molecular weight excluding hydrogens is 983 g/mol. The number of aliphatic carboxylic acids is 1. The molecule has 0 rings (SSSR count). The van der Waals surface area contributed by atoms with E-state index in [9.17, 15) is 19.5 Å². The van der Waals surface area contributed by atoms with Crippen LogP contribution in [0.4, 0.5) is 0 Å². The van der Waals surface area contributed by atoms with Crippen molar-refractivity contribution in [2.24, 2.45) is 0 Å². The van der Waals surface area contributed by atoms with Crippen LogP contribution in [-0.2, 0) is 33.3 Å². The van der Waals surface area contributed by atoms with Crippen molar-refractivity contribution in [2.45, 2.75) is 232 Å². The molecule has 0 saturated carbocycles. The minimum Gasteiger partial charge on any atom is -0.477 e. The molecule has 0 heterocycles. The zero-order valence-corrected chi connectivity index (χ0v) is 50.7. The summed E-state index contributed by atoms with van der Waals surface area (Å²) in [5, 5.41) is 9.72. The lowest BCUT2D eigenvalue weighted by atomic mass is 10.0. The molecule has 0 bridgehead atoms. The first kappa shape index (κ1) is 74.2. The van der Waals surface area contributed by atoms with Crippen LogP contribution in [0.5, 0.6) is 0 Å². The van der Waals surface area contributed by atoms with E-state index in [1.165, 1.54) is 44.9 Å². The van der Waals surface area contributed by atoms with E-state index >= 15 is 0 Å². The largest absolute Gasteiger partial charge is 0.477 e. The summed E-state index contributed by atoms with van der Waals surface area (Å²) in [6.45, 7) is 4.60. The molecular formula is C70H114NO8+. The quantitative estimate of drug-likeness (QED) is 0.0211. The summed E-state index contributed by atoms with van der Waals surface area (Å²) in [5.41, 5.74) is 0. The van der Waals surface area contributed by atoms with Crippen LogP contribution >= 0.6 is 0 Å². The van der Waals surface area contributed by atoms with Gasteiger partial charge in [0, 0.05) is 12.8 Å². The fraction of sp³-hybridized carbons (Fsp3) is 0.614. The van der Waals surface area contributed by atoms with Crippen molar-refractivity contribution >= 4 is 17.9 Å². The first-order valence-electron chi connectivity index (χ1n) is 31.0. The molecule has 1 N–H and O–H groups in total. The molecule has 0 fully saturated rings. The molecule has 9 nitrogen and oxygen atoms in total. The van der Waals surface area contributed by atoms with E-state index in [0.29, 0.717) is 23.9 Å². The Hall–Kier alpha value is -4.83. The molecule has 446 valence electrons. The number of hydrogen-bond donors (Lipinski definition) is 1. The number of esters is 2. The summed E-state index contributed by atoms with van der Waals surface area (Å²) in [4.78, 5) is 37.5. The van der Waals surface area contributed by atoms with Crippen LogP contribution in [0.3, 0.4) is 0 Å². The lowest BCUT2D eigenvalue weighted by Crippen LogP contribution is -2.40. The molecule has 0 aliphatic heterocycles.